The van der Waals surface area contributed by atoms with Crippen molar-refractivity contribution in [1.29, 1.82) is 0 Å². The lowest BCUT2D eigenvalue weighted by atomic mass is 10.0. The zero-order valence-electron chi connectivity index (χ0n) is 8.50. The minimum atomic E-state index is 0.784. The number of nitrogens with one attached hydrogen (secondary N) is 1. The van der Waals surface area contributed by atoms with E-state index in [4.69, 9.17) is 17.3 Å². The van der Waals surface area contributed by atoms with E-state index in [0.29, 0.717) is 0 Å². The van der Waals surface area contributed by atoms with Crippen LogP contribution in [0, 0.1) is 5.92 Å². The van der Waals surface area contributed by atoms with E-state index in [1.807, 2.05) is 18.2 Å². The monoisotopic (exact) mass is 242 g/mol. The fourth-order valence-electron chi connectivity index (χ4n) is 1.52. The van der Waals surface area contributed by atoms with Gasteiger partial charge in [-0.3, -0.25) is 0 Å². The van der Waals surface area contributed by atoms with Crippen LogP contribution < -0.4 is 11.1 Å². The van der Waals surface area contributed by atoms with Crippen molar-refractivity contribution in [3.8, 4) is 0 Å². The van der Waals surface area contributed by atoms with Crippen molar-refractivity contribution in [2.45, 2.75) is 11.3 Å². The van der Waals surface area contributed by atoms with Gasteiger partial charge in [0.2, 0.25) is 0 Å². The Kier molecular flexibility index (Phi) is 3.78. The second-order valence-electron chi connectivity index (χ2n) is 3.85. The van der Waals surface area contributed by atoms with Gasteiger partial charge in [-0.25, -0.2) is 0 Å². The fourth-order valence-corrected chi connectivity index (χ4v) is 2.90. The van der Waals surface area contributed by atoms with Gasteiger partial charge in [-0.15, -0.1) is 11.8 Å². The highest BCUT2D eigenvalue weighted by Crippen LogP contribution is 2.30. The second-order valence-corrected chi connectivity index (χ2v) is 5.40. The van der Waals surface area contributed by atoms with Gasteiger partial charge in [0.15, 0.2) is 0 Å². The number of benzene rings is 1. The maximum Gasteiger partial charge on any atom is 0.0543 e. The van der Waals surface area contributed by atoms with Gasteiger partial charge < -0.3 is 11.1 Å². The first-order valence-electron chi connectivity index (χ1n) is 5.14. The molecule has 4 heteroatoms. The zero-order valence-corrected chi connectivity index (χ0v) is 10.1. The van der Waals surface area contributed by atoms with Crippen LogP contribution in [0.1, 0.15) is 6.42 Å². The molecule has 0 atom stereocenters. The van der Waals surface area contributed by atoms with E-state index in [2.05, 4.69) is 5.32 Å². The van der Waals surface area contributed by atoms with Crippen molar-refractivity contribution in [3.63, 3.8) is 0 Å². The molecule has 0 aliphatic carbocycles. The SMILES string of the molecule is Nc1ccc(Cl)c(SCCC2CNC2)c1. The number of halogens is 1. The van der Waals surface area contributed by atoms with Gasteiger partial charge in [-0.1, -0.05) is 11.6 Å². The third kappa shape index (κ3) is 3.03. The van der Waals surface area contributed by atoms with E-state index < -0.39 is 0 Å². The number of thioether (sulfide) groups is 1. The van der Waals surface area contributed by atoms with Gasteiger partial charge in [-0.2, -0.15) is 0 Å². The number of anilines is 1. The molecule has 82 valence electrons. The highest BCUT2D eigenvalue weighted by Gasteiger charge is 2.16. The number of rotatable bonds is 4. The minimum Gasteiger partial charge on any atom is -0.399 e. The van der Waals surface area contributed by atoms with E-state index in [-0.39, 0.29) is 0 Å². The summed E-state index contributed by atoms with van der Waals surface area (Å²) in [6.07, 6.45) is 1.25. The summed E-state index contributed by atoms with van der Waals surface area (Å²) in [4.78, 5) is 1.10. The first kappa shape index (κ1) is 11.1. The number of hydrogen-bond acceptors (Lipinski definition) is 3. The molecule has 0 aromatic heterocycles. The van der Waals surface area contributed by atoms with Crippen molar-refractivity contribution >= 4 is 29.1 Å². The van der Waals surface area contributed by atoms with Crippen molar-refractivity contribution < 1.29 is 0 Å². The van der Waals surface area contributed by atoms with Crippen LogP contribution in [0.3, 0.4) is 0 Å². The van der Waals surface area contributed by atoms with Crippen LogP contribution in [0.5, 0.6) is 0 Å². The molecule has 1 aromatic rings. The molecule has 1 aliphatic rings. The molecule has 1 aliphatic heterocycles. The van der Waals surface area contributed by atoms with E-state index in [9.17, 15) is 0 Å². The third-order valence-corrected chi connectivity index (χ3v) is 4.14. The lowest BCUT2D eigenvalue weighted by Crippen LogP contribution is -2.42. The van der Waals surface area contributed by atoms with Crippen LogP contribution in [0.25, 0.3) is 0 Å². The molecule has 2 nitrogen and oxygen atoms in total. The van der Waals surface area contributed by atoms with E-state index in [1.54, 1.807) is 11.8 Å². The summed E-state index contributed by atoms with van der Waals surface area (Å²) in [5, 5.41) is 4.08. The van der Waals surface area contributed by atoms with E-state index >= 15 is 0 Å². The summed E-state index contributed by atoms with van der Waals surface area (Å²) < 4.78 is 0. The summed E-state index contributed by atoms with van der Waals surface area (Å²) in [6, 6.07) is 5.65. The Morgan fingerprint density at radius 2 is 2.27 bits per heavy atom. The summed E-state index contributed by atoms with van der Waals surface area (Å²) in [7, 11) is 0. The van der Waals surface area contributed by atoms with Gasteiger partial charge in [0.1, 0.15) is 0 Å². The average Bonchev–Trinajstić information content (AvgIpc) is 2.15. The van der Waals surface area contributed by atoms with Crippen LogP contribution in [-0.2, 0) is 0 Å². The molecule has 1 fully saturated rings. The lowest BCUT2D eigenvalue weighted by molar-refractivity contribution is 0.341. The normalized spacial score (nSPS) is 16.3. The van der Waals surface area contributed by atoms with Gasteiger partial charge in [0, 0.05) is 10.6 Å². The van der Waals surface area contributed by atoms with Crippen LogP contribution >= 0.6 is 23.4 Å². The quantitative estimate of drug-likeness (QED) is 0.630. The summed E-state index contributed by atoms with van der Waals surface area (Å²) >= 11 is 7.87. The van der Waals surface area contributed by atoms with Crippen molar-refractivity contribution in [1.82, 2.24) is 5.32 Å². The molecule has 1 aromatic carbocycles. The van der Waals surface area contributed by atoms with Crippen molar-refractivity contribution in [2.75, 3.05) is 24.6 Å². The largest absolute Gasteiger partial charge is 0.399 e. The molecular weight excluding hydrogens is 228 g/mol. The summed E-state index contributed by atoms with van der Waals surface area (Å²) in [5.74, 6) is 1.98. The first-order valence-corrected chi connectivity index (χ1v) is 6.50. The van der Waals surface area contributed by atoms with Crippen molar-refractivity contribution in [2.24, 2.45) is 5.92 Å². The van der Waals surface area contributed by atoms with Crippen molar-refractivity contribution in [3.05, 3.63) is 23.2 Å². The number of hydrogen-bond donors (Lipinski definition) is 2. The van der Waals surface area contributed by atoms with E-state index in [0.717, 1.165) is 27.3 Å². The van der Waals surface area contributed by atoms with Gasteiger partial charge in [0.05, 0.1) is 5.02 Å². The Bertz CT molecular complexity index is 339. The average molecular weight is 243 g/mol. The zero-order chi connectivity index (χ0) is 10.7. The highest BCUT2D eigenvalue weighted by molar-refractivity contribution is 7.99. The minimum absolute atomic E-state index is 0.784. The van der Waals surface area contributed by atoms with Crippen LogP contribution in [0.15, 0.2) is 23.1 Å². The maximum absolute atomic E-state index is 6.07. The molecule has 0 amide bonds. The number of nitrogens with two attached hydrogens (primary N) is 1. The van der Waals surface area contributed by atoms with Crippen LogP contribution in [0.4, 0.5) is 5.69 Å². The molecule has 0 radical (unpaired) electrons. The summed E-state index contributed by atoms with van der Waals surface area (Å²) in [5.41, 5.74) is 6.50. The predicted octanol–water partition coefficient (Wildman–Crippen LogP) is 2.62. The molecular formula is C11H15ClN2S. The third-order valence-electron chi connectivity index (χ3n) is 2.60. The predicted molar refractivity (Wildman–Crippen MR) is 67.6 cm³/mol. The first-order chi connectivity index (χ1) is 7.25. The second kappa shape index (κ2) is 5.10. The van der Waals surface area contributed by atoms with E-state index in [1.165, 1.54) is 19.5 Å². The molecule has 2 rings (SSSR count). The molecule has 15 heavy (non-hydrogen) atoms. The highest BCUT2D eigenvalue weighted by atomic mass is 35.5. The molecule has 0 spiro atoms. The van der Waals surface area contributed by atoms with Gasteiger partial charge in [-0.05, 0) is 49.4 Å². The Morgan fingerprint density at radius 1 is 1.47 bits per heavy atom. The molecule has 3 N–H and O–H groups in total. The molecule has 0 unspecified atom stereocenters. The van der Waals surface area contributed by atoms with Gasteiger partial charge >= 0.3 is 0 Å². The molecule has 0 saturated carbocycles. The van der Waals surface area contributed by atoms with Gasteiger partial charge in [0.25, 0.3) is 0 Å². The van der Waals surface area contributed by atoms with Crippen LogP contribution in [-0.4, -0.2) is 18.8 Å². The lowest BCUT2D eigenvalue weighted by Gasteiger charge is -2.26. The fraction of sp³-hybridized carbons (Fsp3) is 0.455. The summed E-state index contributed by atoms with van der Waals surface area (Å²) in [6.45, 7) is 2.34. The molecule has 0 bridgehead atoms. The number of nitrogen functional groups attached to an aromatic ring is 1. The van der Waals surface area contributed by atoms with Crippen LogP contribution in [0.2, 0.25) is 5.02 Å². The Balaban J connectivity index is 1.83. The standard InChI is InChI=1S/C11H15ClN2S/c12-10-2-1-9(13)5-11(10)15-4-3-8-6-14-7-8/h1-2,5,8,14H,3-4,6-7,13H2. The Morgan fingerprint density at radius 3 is 2.93 bits per heavy atom. The smallest absolute Gasteiger partial charge is 0.0543 e. The Hall–Kier alpha value is -0.380. The molecule has 1 heterocycles. The topological polar surface area (TPSA) is 38.0 Å². The maximum atomic E-state index is 6.07. The Labute approximate surface area is 99.6 Å². The molecule has 1 saturated heterocycles.